The Balaban J connectivity index is 0.00000253. The van der Waals surface area contributed by atoms with Crippen molar-refractivity contribution in [1.82, 2.24) is 4.57 Å². The van der Waals surface area contributed by atoms with E-state index in [0.717, 1.165) is 0 Å². The molecule has 1 aliphatic rings. The highest BCUT2D eigenvalue weighted by molar-refractivity contribution is 6.97. The largest absolute Gasteiger partial charge is 0.309 e. The van der Waals surface area contributed by atoms with Crippen LogP contribution in [0.3, 0.4) is 0 Å². The lowest BCUT2D eigenvalue weighted by Gasteiger charge is -2.19. The Morgan fingerprint density at radius 1 is 0.385 bits per heavy atom. The lowest BCUT2D eigenvalue weighted by molar-refractivity contribution is 1.18. The Hall–Kier alpha value is -4.82. The van der Waals surface area contributed by atoms with Crippen molar-refractivity contribution >= 4 is 44.9 Å². The molecule has 7 aromatic rings. The molecule has 0 saturated carbocycles. The van der Waals surface area contributed by atoms with E-state index in [2.05, 4.69) is 150 Å². The van der Waals surface area contributed by atoms with Gasteiger partial charge in [-0.05, 0) is 46.5 Å². The van der Waals surface area contributed by atoms with Crippen molar-refractivity contribution in [3.8, 4) is 27.9 Å². The van der Waals surface area contributed by atoms with Gasteiger partial charge in [-0.1, -0.05) is 145 Å². The van der Waals surface area contributed by atoms with Crippen LogP contribution in [-0.4, -0.2) is 11.3 Å². The molecule has 0 N–H and O–H groups in total. The second kappa shape index (κ2) is 9.18. The molecule has 0 atom stereocenters. The summed E-state index contributed by atoms with van der Waals surface area (Å²) in [5.41, 5.74) is 12.9. The molecule has 1 aromatic heterocycles. The summed E-state index contributed by atoms with van der Waals surface area (Å²) >= 11 is 0. The van der Waals surface area contributed by atoms with Gasteiger partial charge in [0.1, 0.15) is 0 Å². The molecule has 2 heteroatoms. The second-order valence-electron chi connectivity index (χ2n) is 10.1. The van der Waals surface area contributed by atoms with E-state index in [1.165, 1.54) is 66.1 Å². The van der Waals surface area contributed by atoms with Crippen LogP contribution in [-0.2, 0) is 0 Å². The molecule has 6 aromatic carbocycles. The monoisotopic (exact) mass is 497 g/mol. The molecule has 0 bridgehead atoms. The minimum Gasteiger partial charge on any atom is -0.309 e. The number of hydrogen-bond acceptors (Lipinski definition) is 0. The molecule has 39 heavy (non-hydrogen) atoms. The normalized spacial score (nSPS) is 11.8. The zero-order chi connectivity index (χ0) is 25.1. The minimum absolute atomic E-state index is 0. The smallest absolute Gasteiger partial charge is 0.242 e. The lowest BCUT2D eigenvalue weighted by Crippen LogP contribution is -2.52. The van der Waals surface area contributed by atoms with Crippen LogP contribution in [0.1, 0.15) is 7.43 Å². The first kappa shape index (κ1) is 23.3. The van der Waals surface area contributed by atoms with E-state index in [-0.39, 0.29) is 14.1 Å². The summed E-state index contributed by atoms with van der Waals surface area (Å²) in [6, 6.07) is 53.3. The predicted molar refractivity (Wildman–Crippen MR) is 169 cm³/mol. The van der Waals surface area contributed by atoms with Gasteiger partial charge in [0, 0.05) is 16.5 Å². The van der Waals surface area contributed by atoms with Crippen molar-refractivity contribution in [3.63, 3.8) is 0 Å². The average Bonchev–Trinajstić information content (AvgIpc) is 3.26. The Bertz CT molecular complexity index is 1860. The van der Waals surface area contributed by atoms with E-state index in [0.29, 0.717) is 0 Å². The van der Waals surface area contributed by atoms with Gasteiger partial charge in [-0.3, -0.25) is 0 Å². The van der Waals surface area contributed by atoms with Crippen LogP contribution in [0.4, 0.5) is 0 Å². The Labute approximate surface area is 230 Å². The van der Waals surface area contributed by atoms with E-state index in [1.54, 1.807) is 0 Å². The van der Waals surface area contributed by atoms with Gasteiger partial charge in [-0.25, -0.2) is 0 Å². The van der Waals surface area contributed by atoms with Crippen LogP contribution in [0.15, 0.2) is 146 Å². The van der Waals surface area contributed by atoms with Gasteiger partial charge >= 0.3 is 0 Å². The number of nitrogens with zero attached hydrogens (tertiary/aromatic N) is 1. The van der Waals surface area contributed by atoms with Crippen LogP contribution >= 0.6 is 0 Å². The molecule has 0 radical (unpaired) electrons. The van der Waals surface area contributed by atoms with Gasteiger partial charge in [0.25, 0.3) is 0 Å². The van der Waals surface area contributed by atoms with E-state index in [9.17, 15) is 0 Å². The van der Waals surface area contributed by atoms with Crippen molar-refractivity contribution in [2.75, 3.05) is 0 Å². The van der Waals surface area contributed by atoms with E-state index >= 15 is 0 Å². The highest BCUT2D eigenvalue weighted by Gasteiger charge is 2.30. The van der Waals surface area contributed by atoms with Crippen molar-refractivity contribution < 1.29 is 0 Å². The van der Waals surface area contributed by atoms with Crippen LogP contribution in [0.5, 0.6) is 0 Å². The third-order valence-corrected chi connectivity index (χ3v) is 8.12. The zero-order valence-electron chi connectivity index (χ0n) is 20.9. The number of aromatic nitrogens is 1. The maximum atomic E-state index is 2.39. The summed E-state index contributed by atoms with van der Waals surface area (Å²) in [4.78, 5) is 0. The number of benzene rings is 6. The molecular formula is C37H28BN. The molecule has 8 rings (SSSR count). The molecule has 0 spiro atoms. The quantitative estimate of drug-likeness (QED) is 0.217. The zero-order valence-corrected chi connectivity index (χ0v) is 20.9. The maximum absolute atomic E-state index is 2.39. The molecule has 1 aliphatic heterocycles. The molecule has 0 aliphatic carbocycles. The van der Waals surface area contributed by atoms with E-state index < -0.39 is 0 Å². The third kappa shape index (κ3) is 3.49. The second-order valence-corrected chi connectivity index (χ2v) is 10.1. The summed E-state index contributed by atoms with van der Waals surface area (Å²) in [5, 5.41) is 2.58. The molecule has 0 unspecified atom stereocenters. The highest BCUT2D eigenvalue weighted by atomic mass is 15.0. The first-order chi connectivity index (χ1) is 18.9. The Morgan fingerprint density at radius 3 is 1.31 bits per heavy atom. The average molecular weight is 497 g/mol. The van der Waals surface area contributed by atoms with Crippen molar-refractivity contribution in [2.24, 2.45) is 0 Å². The first-order valence-electron chi connectivity index (χ1n) is 13.2. The van der Waals surface area contributed by atoms with Crippen LogP contribution < -0.4 is 16.4 Å². The van der Waals surface area contributed by atoms with Crippen LogP contribution in [0.25, 0.3) is 49.7 Å². The topological polar surface area (TPSA) is 4.93 Å². The molecule has 2 heterocycles. The summed E-state index contributed by atoms with van der Waals surface area (Å²) in [6.07, 6.45) is 0. The number of hydrogen-bond donors (Lipinski definition) is 0. The SMILES string of the molecule is C.c1ccc2c(c1)B(c1ccc(-n3c4ccccc4c4ccccc43)cc1)c1ccccc1-c1ccccc1-2. The van der Waals surface area contributed by atoms with Crippen LogP contribution in [0.2, 0.25) is 0 Å². The molecular weight excluding hydrogens is 469 g/mol. The van der Waals surface area contributed by atoms with Crippen molar-refractivity contribution in [2.45, 2.75) is 7.43 Å². The fraction of sp³-hybridized carbons (Fsp3) is 0.0270. The van der Waals surface area contributed by atoms with Gasteiger partial charge in [0.2, 0.25) is 6.71 Å². The lowest BCUT2D eigenvalue weighted by atomic mass is 9.36. The Morgan fingerprint density at radius 2 is 0.795 bits per heavy atom. The van der Waals surface area contributed by atoms with Gasteiger partial charge < -0.3 is 4.57 Å². The minimum atomic E-state index is 0. The highest BCUT2D eigenvalue weighted by Crippen LogP contribution is 2.34. The maximum Gasteiger partial charge on any atom is 0.242 e. The van der Waals surface area contributed by atoms with Gasteiger partial charge in [0.15, 0.2) is 0 Å². The predicted octanol–water partition coefficient (Wildman–Crippen LogP) is 7.58. The molecule has 1 nitrogen and oxygen atoms in total. The first-order valence-corrected chi connectivity index (χ1v) is 13.2. The summed E-state index contributed by atoms with van der Waals surface area (Å²) < 4.78 is 2.39. The summed E-state index contributed by atoms with van der Waals surface area (Å²) in [7, 11) is 0. The molecule has 0 fully saturated rings. The Kier molecular flexibility index (Phi) is 5.49. The standard InChI is InChI=1S/C36H24BN.CH4/c1-2-12-28-27(11-1)29-13-3-7-17-33(29)37(34-18-8-4-14-30(28)34)25-21-23-26(24-22-25)38-35-19-9-5-15-31(35)32-16-6-10-20-36(32)38;/h1-24H;1H4. The van der Waals surface area contributed by atoms with Crippen molar-refractivity contribution in [1.29, 1.82) is 0 Å². The third-order valence-electron chi connectivity index (χ3n) is 8.12. The number of para-hydroxylation sites is 2. The summed E-state index contributed by atoms with van der Waals surface area (Å²) in [5.74, 6) is 0. The van der Waals surface area contributed by atoms with Crippen LogP contribution in [0, 0.1) is 0 Å². The molecule has 0 saturated heterocycles. The number of rotatable bonds is 2. The van der Waals surface area contributed by atoms with Gasteiger partial charge in [-0.2, -0.15) is 0 Å². The van der Waals surface area contributed by atoms with Crippen molar-refractivity contribution in [3.05, 3.63) is 146 Å². The molecule has 0 amide bonds. The van der Waals surface area contributed by atoms with Gasteiger partial charge in [0.05, 0.1) is 11.0 Å². The fourth-order valence-electron chi connectivity index (χ4n) is 6.48. The van der Waals surface area contributed by atoms with E-state index in [1.807, 2.05) is 0 Å². The fourth-order valence-corrected chi connectivity index (χ4v) is 6.48. The number of fused-ring (bicyclic) bond motifs is 8. The molecule has 184 valence electrons. The summed E-state index contributed by atoms with van der Waals surface area (Å²) in [6.45, 7) is 0.155. The van der Waals surface area contributed by atoms with E-state index in [4.69, 9.17) is 0 Å². The van der Waals surface area contributed by atoms with Gasteiger partial charge in [-0.15, -0.1) is 0 Å².